The maximum absolute atomic E-state index is 12.4. The van der Waals surface area contributed by atoms with Gasteiger partial charge in [0, 0.05) is 32.1 Å². The predicted molar refractivity (Wildman–Crippen MR) is 78.0 cm³/mol. The normalized spacial score (nSPS) is 24.1. The van der Waals surface area contributed by atoms with Gasteiger partial charge in [0.05, 0.1) is 6.04 Å². The second-order valence-corrected chi connectivity index (χ2v) is 6.50. The third-order valence-corrected chi connectivity index (χ3v) is 4.46. The van der Waals surface area contributed by atoms with Crippen molar-refractivity contribution in [1.82, 2.24) is 9.80 Å². The van der Waals surface area contributed by atoms with Gasteiger partial charge >= 0.3 is 0 Å². The van der Waals surface area contributed by atoms with Crippen molar-refractivity contribution in [3.05, 3.63) is 0 Å². The summed E-state index contributed by atoms with van der Waals surface area (Å²) in [5.74, 6) is 0.317. The first-order chi connectivity index (χ1) is 9.41. The van der Waals surface area contributed by atoms with Gasteiger partial charge in [0.15, 0.2) is 0 Å². The number of nitrogens with two attached hydrogens (primary N) is 1. The predicted octanol–water partition coefficient (Wildman–Crippen LogP) is 0.972. The Hall–Kier alpha value is -1.10. The number of carbonyl (C=O) groups is 2. The Kier molecular flexibility index (Phi) is 4.68. The van der Waals surface area contributed by atoms with Crippen LogP contribution in [-0.2, 0) is 9.59 Å². The number of hydrogen-bond acceptors (Lipinski definition) is 3. The topological polar surface area (TPSA) is 66.6 Å². The summed E-state index contributed by atoms with van der Waals surface area (Å²) in [5.41, 5.74) is 5.99. The molecular formula is C15H27N3O2. The van der Waals surface area contributed by atoms with E-state index in [4.69, 9.17) is 5.73 Å². The fourth-order valence-electron chi connectivity index (χ4n) is 2.94. The molecule has 0 aromatic rings. The van der Waals surface area contributed by atoms with E-state index in [1.807, 2.05) is 23.6 Å². The number of amides is 2. The molecule has 1 saturated carbocycles. The molecule has 2 amide bonds. The second-order valence-electron chi connectivity index (χ2n) is 6.50. The number of likely N-dealkylation sites (tertiary alicyclic amines) is 1. The van der Waals surface area contributed by atoms with E-state index in [0.717, 1.165) is 32.2 Å². The van der Waals surface area contributed by atoms with Crippen molar-refractivity contribution in [2.24, 2.45) is 11.7 Å². The summed E-state index contributed by atoms with van der Waals surface area (Å²) >= 11 is 0. The number of hydrogen-bond donors (Lipinski definition) is 1. The highest BCUT2D eigenvalue weighted by atomic mass is 16.2. The van der Waals surface area contributed by atoms with E-state index in [9.17, 15) is 9.59 Å². The lowest BCUT2D eigenvalue weighted by Gasteiger charge is -2.32. The van der Waals surface area contributed by atoms with Gasteiger partial charge in [0.1, 0.15) is 0 Å². The molecule has 0 bridgehead atoms. The fourth-order valence-corrected chi connectivity index (χ4v) is 2.94. The summed E-state index contributed by atoms with van der Waals surface area (Å²) in [6.07, 6.45) is 4.20. The summed E-state index contributed by atoms with van der Waals surface area (Å²) in [4.78, 5) is 28.0. The fraction of sp³-hybridized carbons (Fsp3) is 0.867. The molecule has 1 aliphatic heterocycles. The van der Waals surface area contributed by atoms with Crippen molar-refractivity contribution < 1.29 is 9.59 Å². The van der Waals surface area contributed by atoms with Gasteiger partial charge in [-0.1, -0.05) is 13.8 Å². The van der Waals surface area contributed by atoms with Crippen molar-refractivity contribution in [2.45, 2.75) is 64.6 Å². The molecule has 0 aromatic carbocycles. The molecule has 1 saturated heterocycles. The van der Waals surface area contributed by atoms with Crippen LogP contribution in [-0.4, -0.2) is 52.8 Å². The number of nitrogens with zero attached hydrogens (tertiary/aromatic N) is 2. The minimum Gasteiger partial charge on any atom is -0.338 e. The summed E-state index contributed by atoms with van der Waals surface area (Å²) in [6.45, 7) is 7.02. The minimum atomic E-state index is -0.428. The van der Waals surface area contributed by atoms with E-state index < -0.39 is 6.04 Å². The van der Waals surface area contributed by atoms with Crippen LogP contribution in [0.25, 0.3) is 0 Å². The van der Waals surface area contributed by atoms with Crippen LogP contribution in [0, 0.1) is 5.92 Å². The van der Waals surface area contributed by atoms with Gasteiger partial charge in [0.25, 0.3) is 0 Å². The van der Waals surface area contributed by atoms with Crippen LogP contribution < -0.4 is 5.73 Å². The first kappa shape index (κ1) is 15.3. The summed E-state index contributed by atoms with van der Waals surface area (Å²) in [5, 5.41) is 0. The van der Waals surface area contributed by atoms with E-state index in [0.29, 0.717) is 12.6 Å². The lowest BCUT2D eigenvalue weighted by molar-refractivity contribution is -0.137. The summed E-state index contributed by atoms with van der Waals surface area (Å²) in [6, 6.07) is 0.128. The Morgan fingerprint density at radius 1 is 1.30 bits per heavy atom. The zero-order valence-electron chi connectivity index (χ0n) is 12.8. The average molecular weight is 281 g/mol. The van der Waals surface area contributed by atoms with Crippen molar-refractivity contribution >= 4 is 11.8 Å². The zero-order valence-corrected chi connectivity index (χ0v) is 12.8. The smallest absolute Gasteiger partial charge is 0.240 e. The van der Waals surface area contributed by atoms with E-state index in [2.05, 4.69) is 0 Å². The van der Waals surface area contributed by atoms with Gasteiger partial charge in [-0.25, -0.2) is 0 Å². The van der Waals surface area contributed by atoms with E-state index in [1.54, 1.807) is 6.92 Å². The van der Waals surface area contributed by atoms with Gasteiger partial charge in [0.2, 0.25) is 11.8 Å². The molecule has 5 heteroatoms. The van der Waals surface area contributed by atoms with E-state index >= 15 is 0 Å². The molecule has 2 N–H and O–H groups in total. The molecule has 2 fully saturated rings. The maximum Gasteiger partial charge on any atom is 0.240 e. The monoisotopic (exact) mass is 281 g/mol. The molecule has 20 heavy (non-hydrogen) atoms. The van der Waals surface area contributed by atoms with E-state index in [-0.39, 0.29) is 23.8 Å². The first-order valence-electron chi connectivity index (χ1n) is 7.75. The Bertz CT molecular complexity index is 379. The molecule has 0 radical (unpaired) electrons. The molecule has 5 nitrogen and oxygen atoms in total. The number of rotatable bonds is 5. The quantitative estimate of drug-likeness (QED) is 0.816. The highest BCUT2D eigenvalue weighted by molar-refractivity contribution is 5.82. The summed E-state index contributed by atoms with van der Waals surface area (Å²) in [7, 11) is 0. The van der Waals surface area contributed by atoms with Crippen molar-refractivity contribution in [2.75, 3.05) is 13.1 Å². The Balaban J connectivity index is 1.99. The Morgan fingerprint density at radius 2 is 1.95 bits per heavy atom. The molecule has 2 rings (SSSR count). The molecule has 1 aliphatic carbocycles. The first-order valence-corrected chi connectivity index (χ1v) is 7.75. The molecule has 114 valence electrons. The molecular weight excluding hydrogens is 254 g/mol. The number of carbonyl (C=O) groups excluding carboxylic acids is 2. The minimum absolute atomic E-state index is 0.0433. The average Bonchev–Trinajstić information content (AvgIpc) is 3.12. The third kappa shape index (κ3) is 3.32. The largest absolute Gasteiger partial charge is 0.338 e. The van der Waals surface area contributed by atoms with Crippen LogP contribution in [0.2, 0.25) is 0 Å². The van der Waals surface area contributed by atoms with Crippen molar-refractivity contribution in [3.8, 4) is 0 Å². The van der Waals surface area contributed by atoms with Gasteiger partial charge in [-0.05, 0) is 31.6 Å². The standard InChI is InChI=1S/C15H27N3O2/c1-10(2)14(16)15(20)17-8-4-5-13(17)9-18(11(3)19)12-6-7-12/h10,12-14H,4-9,16H2,1-3H3/t13-,14+/m1/s1. The SMILES string of the molecule is CC(=O)N(C[C@H]1CCCN1C(=O)[C@@H](N)C(C)C)C1CC1. The van der Waals surface area contributed by atoms with Crippen LogP contribution >= 0.6 is 0 Å². The van der Waals surface area contributed by atoms with Gasteiger partial charge in [-0.15, -0.1) is 0 Å². The zero-order chi connectivity index (χ0) is 14.9. The maximum atomic E-state index is 12.4. The molecule has 2 atom stereocenters. The molecule has 1 heterocycles. The van der Waals surface area contributed by atoms with Gasteiger partial charge in [-0.2, -0.15) is 0 Å². The van der Waals surface area contributed by atoms with E-state index in [1.165, 1.54) is 0 Å². The highest BCUT2D eigenvalue weighted by Gasteiger charge is 2.37. The molecule has 0 spiro atoms. The van der Waals surface area contributed by atoms with Gasteiger partial charge < -0.3 is 15.5 Å². The van der Waals surface area contributed by atoms with Crippen LogP contribution in [0.4, 0.5) is 0 Å². The molecule has 0 unspecified atom stereocenters. The Morgan fingerprint density at radius 3 is 2.45 bits per heavy atom. The summed E-state index contributed by atoms with van der Waals surface area (Å²) < 4.78 is 0. The van der Waals surface area contributed by atoms with Crippen molar-refractivity contribution in [1.29, 1.82) is 0 Å². The van der Waals surface area contributed by atoms with Crippen LogP contribution in [0.5, 0.6) is 0 Å². The molecule has 2 aliphatic rings. The van der Waals surface area contributed by atoms with Crippen LogP contribution in [0.15, 0.2) is 0 Å². The lowest BCUT2D eigenvalue weighted by atomic mass is 10.0. The Labute approximate surface area is 121 Å². The van der Waals surface area contributed by atoms with Gasteiger partial charge in [-0.3, -0.25) is 9.59 Å². The molecule has 0 aromatic heterocycles. The van der Waals surface area contributed by atoms with Crippen LogP contribution in [0.1, 0.15) is 46.5 Å². The van der Waals surface area contributed by atoms with Crippen molar-refractivity contribution in [3.63, 3.8) is 0 Å². The lowest BCUT2D eigenvalue weighted by Crippen LogP contribution is -2.51. The van der Waals surface area contributed by atoms with Crippen LogP contribution in [0.3, 0.4) is 0 Å². The second kappa shape index (κ2) is 6.12. The highest BCUT2D eigenvalue weighted by Crippen LogP contribution is 2.29. The third-order valence-electron chi connectivity index (χ3n) is 4.46.